The molecule has 96 valence electrons. The maximum Gasteiger partial charge on any atom is 0.109 e. The first-order chi connectivity index (χ1) is 8.70. The number of benzene rings is 1. The molecule has 18 heavy (non-hydrogen) atoms. The maximum absolute atomic E-state index is 6.19. The van der Waals surface area contributed by atoms with Crippen LogP contribution in [-0.2, 0) is 6.42 Å². The second-order valence-corrected chi connectivity index (χ2v) is 5.03. The highest BCUT2D eigenvalue weighted by atomic mass is 35.5. The maximum atomic E-state index is 6.19. The minimum Gasteiger partial charge on any atom is -0.348 e. The van der Waals surface area contributed by atoms with Crippen molar-refractivity contribution in [1.29, 1.82) is 0 Å². The van der Waals surface area contributed by atoms with Gasteiger partial charge in [-0.1, -0.05) is 29.3 Å². The van der Waals surface area contributed by atoms with E-state index in [0.717, 1.165) is 24.2 Å². The number of imidazole rings is 1. The van der Waals surface area contributed by atoms with Gasteiger partial charge in [0.25, 0.3) is 0 Å². The zero-order valence-electron chi connectivity index (χ0n) is 9.87. The van der Waals surface area contributed by atoms with Crippen LogP contribution in [-0.4, -0.2) is 16.5 Å². The quantitative estimate of drug-likeness (QED) is 0.884. The third kappa shape index (κ3) is 3.25. The van der Waals surface area contributed by atoms with E-state index >= 15 is 0 Å². The summed E-state index contributed by atoms with van der Waals surface area (Å²) in [5, 5.41) is 1.34. The van der Waals surface area contributed by atoms with Crippen molar-refractivity contribution >= 4 is 23.2 Å². The zero-order valence-corrected chi connectivity index (χ0v) is 11.4. The predicted octanol–water partition coefficient (Wildman–Crippen LogP) is 3.39. The number of aromatic nitrogens is 2. The highest BCUT2D eigenvalue weighted by Gasteiger charge is 2.15. The molecular formula is C13H15Cl2N3. The van der Waals surface area contributed by atoms with Crippen LogP contribution in [0.5, 0.6) is 0 Å². The first-order valence-electron chi connectivity index (χ1n) is 5.84. The topological polar surface area (TPSA) is 54.7 Å². The Morgan fingerprint density at radius 2 is 2.17 bits per heavy atom. The van der Waals surface area contributed by atoms with Gasteiger partial charge in [0.05, 0.1) is 0 Å². The summed E-state index contributed by atoms with van der Waals surface area (Å²) in [5.41, 5.74) is 6.72. The average molecular weight is 284 g/mol. The predicted molar refractivity (Wildman–Crippen MR) is 75.2 cm³/mol. The molecule has 2 aromatic rings. The minimum atomic E-state index is 0.253. The summed E-state index contributed by atoms with van der Waals surface area (Å²) in [6, 6.07) is 5.57. The van der Waals surface area contributed by atoms with E-state index in [1.165, 1.54) is 0 Å². The van der Waals surface area contributed by atoms with E-state index < -0.39 is 0 Å². The molecule has 1 heterocycles. The number of halogens is 2. The summed E-state index contributed by atoms with van der Waals surface area (Å²) in [4.78, 5) is 7.44. The summed E-state index contributed by atoms with van der Waals surface area (Å²) >= 11 is 12.1. The molecule has 3 nitrogen and oxygen atoms in total. The first-order valence-corrected chi connectivity index (χ1v) is 6.59. The molecule has 0 saturated carbocycles. The number of nitrogens with one attached hydrogen (secondary N) is 1. The second kappa shape index (κ2) is 6.23. The molecular weight excluding hydrogens is 269 g/mol. The van der Waals surface area contributed by atoms with Gasteiger partial charge in [0.15, 0.2) is 0 Å². The van der Waals surface area contributed by atoms with Crippen LogP contribution in [0.25, 0.3) is 0 Å². The monoisotopic (exact) mass is 283 g/mol. The Bertz CT molecular complexity index is 497. The third-order valence-corrected chi connectivity index (χ3v) is 3.49. The Hall–Kier alpha value is -1.03. The van der Waals surface area contributed by atoms with Gasteiger partial charge >= 0.3 is 0 Å². The van der Waals surface area contributed by atoms with Gasteiger partial charge in [-0.3, -0.25) is 0 Å². The van der Waals surface area contributed by atoms with Gasteiger partial charge in [-0.25, -0.2) is 4.98 Å². The Balaban J connectivity index is 2.18. The van der Waals surface area contributed by atoms with Crippen LogP contribution in [0.4, 0.5) is 0 Å². The van der Waals surface area contributed by atoms with E-state index in [1.54, 1.807) is 12.3 Å². The van der Waals surface area contributed by atoms with E-state index in [2.05, 4.69) is 9.97 Å². The number of aromatic amines is 1. The lowest BCUT2D eigenvalue weighted by Crippen LogP contribution is -2.11. The largest absolute Gasteiger partial charge is 0.348 e. The summed E-state index contributed by atoms with van der Waals surface area (Å²) in [6.07, 6.45) is 5.25. The molecule has 1 atom stereocenters. The van der Waals surface area contributed by atoms with Crippen LogP contribution >= 0.6 is 23.2 Å². The highest BCUT2D eigenvalue weighted by molar-refractivity contribution is 6.35. The van der Waals surface area contributed by atoms with Gasteiger partial charge < -0.3 is 10.7 Å². The Kier molecular flexibility index (Phi) is 4.64. The van der Waals surface area contributed by atoms with E-state index in [4.69, 9.17) is 28.9 Å². The fourth-order valence-electron chi connectivity index (χ4n) is 1.99. The zero-order chi connectivity index (χ0) is 13.0. The van der Waals surface area contributed by atoms with Crippen LogP contribution in [0.3, 0.4) is 0 Å². The molecule has 0 spiro atoms. The summed E-state index contributed by atoms with van der Waals surface area (Å²) in [5.74, 6) is 1.20. The van der Waals surface area contributed by atoms with Gasteiger partial charge in [0, 0.05) is 28.4 Å². The highest BCUT2D eigenvalue weighted by Crippen LogP contribution is 2.27. The number of hydrogen-bond donors (Lipinski definition) is 2. The number of nitrogens with two attached hydrogens (primary N) is 1. The van der Waals surface area contributed by atoms with Crippen LogP contribution in [0.2, 0.25) is 10.0 Å². The van der Waals surface area contributed by atoms with Gasteiger partial charge in [0.2, 0.25) is 0 Å². The molecule has 1 unspecified atom stereocenters. The Labute approximate surface area is 116 Å². The van der Waals surface area contributed by atoms with Crippen LogP contribution in [0, 0.1) is 0 Å². The van der Waals surface area contributed by atoms with E-state index in [9.17, 15) is 0 Å². The molecule has 0 radical (unpaired) electrons. The number of rotatable bonds is 5. The molecule has 0 aliphatic heterocycles. The van der Waals surface area contributed by atoms with Crippen molar-refractivity contribution in [1.82, 2.24) is 9.97 Å². The Morgan fingerprint density at radius 3 is 2.78 bits per heavy atom. The normalized spacial score (nSPS) is 12.6. The van der Waals surface area contributed by atoms with Gasteiger partial charge in [-0.15, -0.1) is 0 Å². The molecule has 1 aromatic carbocycles. The average Bonchev–Trinajstić information content (AvgIpc) is 2.85. The number of hydrogen-bond acceptors (Lipinski definition) is 2. The summed E-state index contributed by atoms with van der Waals surface area (Å²) in [6.45, 7) is 0.622. The van der Waals surface area contributed by atoms with Crippen molar-refractivity contribution < 1.29 is 0 Å². The lowest BCUT2D eigenvalue weighted by atomic mass is 9.95. The fraction of sp³-hybridized carbons (Fsp3) is 0.308. The van der Waals surface area contributed by atoms with Crippen molar-refractivity contribution in [2.45, 2.75) is 18.8 Å². The molecule has 0 aliphatic rings. The summed E-state index contributed by atoms with van der Waals surface area (Å²) < 4.78 is 0. The molecule has 0 bridgehead atoms. The summed E-state index contributed by atoms with van der Waals surface area (Å²) in [7, 11) is 0. The fourth-order valence-corrected chi connectivity index (χ4v) is 2.48. The van der Waals surface area contributed by atoms with Crippen molar-refractivity contribution in [3.63, 3.8) is 0 Å². The molecule has 0 aliphatic carbocycles. The number of nitrogens with zero attached hydrogens (tertiary/aromatic N) is 1. The molecule has 3 N–H and O–H groups in total. The molecule has 0 fully saturated rings. The van der Waals surface area contributed by atoms with Crippen molar-refractivity contribution in [3.8, 4) is 0 Å². The number of H-pyrrole nitrogens is 1. The van der Waals surface area contributed by atoms with Crippen molar-refractivity contribution in [2.24, 2.45) is 5.73 Å². The second-order valence-electron chi connectivity index (χ2n) is 4.19. The molecule has 2 rings (SSSR count). The lowest BCUT2D eigenvalue weighted by Gasteiger charge is -2.14. The van der Waals surface area contributed by atoms with Crippen molar-refractivity contribution in [2.75, 3.05) is 6.54 Å². The van der Waals surface area contributed by atoms with Crippen LogP contribution in [0.1, 0.15) is 23.7 Å². The first kappa shape index (κ1) is 13.4. The van der Waals surface area contributed by atoms with E-state index in [1.807, 2.05) is 18.3 Å². The van der Waals surface area contributed by atoms with Crippen LogP contribution in [0.15, 0.2) is 30.6 Å². The molecule has 1 aromatic heterocycles. The van der Waals surface area contributed by atoms with Crippen molar-refractivity contribution in [3.05, 3.63) is 52.0 Å². The van der Waals surface area contributed by atoms with Gasteiger partial charge in [0.1, 0.15) is 5.82 Å². The van der Waals surface area contributed by atoms with E-state index in [-0.39, 0.29) is 5.92 Å². The van der Waals surface area contributed by atoms with E-state index in [0.29, 0.717) is 16.6 Å². The molecule has 0 saturated heterocycles. The van der Waals surface area contributed by atoms with Gasteiger partial charge in [-0.05, 0) is 37.1 Å². The van der Waals surface area contributed by atoms with Gasteiger partial charge in [-0.2, -0.15) is 0 Å². The lowest BCUT2D eigenvalue weighted by molar-refractivity contribution is 0.600. The minimum absolute atomic E-state index is 0.253. The van der Waals surface area contributed by atoms with Crippen LogP contribution < -0.4 is 5.73 Å². The SMILES string of the molecule is NCCC(Cc1ccc(Cl)cc1Cl)c1ncc[nH]1. The standard InChI is InChI=1S/C13H15Cl2N3/c14-11-2-1-9(12(15)8-11)7-10(3-4-16)13-17-5-6-18-13/h1-2,5-6,8,10H,3-4,7,16H2,(H,17,18). The third-order valence-electron chi connectivity index (χ3n) is 2.90. The molecule has 5 heteroatoms. The smallest absolute Gasteiger partial charge is 0.109 e. The Morgan fingerprint density at radius 1 is 1.33 bits per heavy atom. The molecule has 0 amide bonds.